The topological polar surface area (TPSA) is 93.3 Å². The van der Waals surface area contributed by atoms with Crippen LogP contribution in [0.2, 0.25) is 0 Å². The van der Waals surface area contributed by atoms with Gasteiger partial charge in [0.1, 0.15) is 11.6 Å². The molecule has 4 rings (SSSR count). The van der Waals surface area contributed by atoms with Crippen LogP contribution in [0.4, 0.5) is 5.69 Å². The van der Waals surface area contributed by atoms with E-state index in [0.717, 1.165) is 16.8 Å². The second kappa shape index (κ2) is 5.62. The number of H-pyrrole nitrogens is 1. The van der Waals surface area contributed by atoms with Crippen LogP contribution in [-0.4, -0.2) is 36.1 Å². The van der Waals surface area contributed by atoms with Crippen molar-refractivity contribution >= 4 is 28.6 Å². The van der Waals surface area contributed by atoms with Crippen molar-refractivity contribution in [2.45, 2.75) is 5.92 Å². The Labute approximate surface area is 143 Å². The number of hydrogen-bond donors (Lipinski definition) is 2. The molecular weight excluding hydrogens is 322 g/mol. The predicted octanol–water partition coefficient (Wildman–Crippen LogP) is 2.45. The Bertz CT molecular complexity index is 991. The van der Waals surface area contributed by atoms with Crippen molar-refractivity contribution in [3.63, 3.8) is 0 Å². The zero-order valence-corrected chi connectivity index (χ0v) is 13.6. The molecule has 25 heavy (non-hydrogen) atoms. The summed E-state index contributed by atoms with van der Waals surface area (Å²) in [6, 6.07) is 11.1. The molecule has 2 aromatic carbocycles. The number of fused-ring (bicyclic) bond motifs is 2. The average Bonchev–Trinajstić information content (AvgIpc) is 3.18. The fourth-order valence-corrected chi connectivity index (χ4v) is 3.00. The minimum Gasteiger partial charge on any atom is -0.497 e. The van der Waals surface area contributed by atoms with Crippen LogP contribution in [0.5, 0.6) is 5.75 Å². The number of rotatable bonds is 3. The fraction of sp³-hybridized carbons (Fsp3) is 0.167. The third-order valence-electron chi connectivity index (χ3n) is 4.28. The van der Waals surface area contributed by atoms with Crippen LogP contribution in [0.25, 0.3) is 22.4 Å². The van der Waals surface area contributed by atoms with Gasteiger partial charge in [-0.15, -0.1) is 0 Å². The number of carbonyl (C=O) groups is 2. The molecule has 2 N–H and O–H groups in total. The zero-order valence-electron chi connectivity index (χ0n) is 13.6. The third kappa shape index (κ3) is 2.40. The normalized spacial score (nSPS) is 15.8. The van der Waals surface area contributed by atoms with Crippen molar-refractivity contribution in [3.05, 3.63) is 42.0 Å². The summed E-state index contributed by atoms with van der Waals surface area (Å²) in [4.78, 5) is 31.7. The van der Waals surface area contributed by atoms with Crippen LogP contribution < -0.4 is 10.1 Å². The lowest BCUT2D eigenvalue weighted by atomic mass is 10.0. The first-order valence-electron chi connectivity index (χ1n) is 7.67. The van der Waals surface area contributed by atoms with E-state index in [-0.39, 0.29) is 5.91 Å². The number of amides is 1. The standard InChI is InChI=1S/C18H15N3O4/c1-24-10-5-3-9(4-6-10)16-19-13-7-11-12(8-14(13)20-16)21-17(22)15(11)18(23)25-2/h3-8,15H,1-2H3,(H,19,20)(H,21,22). The predicted molar refractivity (Wildman–Crippen MR) is 91.5 cm³/mol. The summed E-state index contributed by atoms with van der Waals surface area (Å²) in [6.07, 6.45) is 0. The molecule has 0 fully saturated rings. The maximum atomic E-state index is 12.0. The number of carbonyl (C=O) groups excluding carboxylic acids is 2. The number of ether oxygens (including phenoxy) is 2. The maximum absolute atomic E-state index is 12.0. The van der Waals surface area contributed by atoms with E-state index in [2.05, 4.69) is 15.3 Å². The van der Waals surface area contributed by atoms with Crippen LogP contribution in [0, 0.1) is 0 Å². The molecule has 2 heterocycles. The van der Waals surface area contributed by atoms with Crippen molar-refractivity contribution in [1.82, 2.24) is 9.97 Å². The molecule has 126 valence electrons. The molecule has 0 saturated heterocycles. The highest BCUT2D eigenvalue weighted by Gasteiger charge is 2.37. The van der Waals surface area contributed by atoms with E-state index in [4.69, 9.17) is 9.47 Å². The van der Waals surface area contributed by atoms with Gasteiger partial charge in [0.2, 0.25) is 5.91 Å². The highest BCUT2D eigenvalue weighted by molar-refractivity contribution is 6.16. The summed E-state index contributed by atoms with van der Waals surface area (Å²) in [5.74, 6) is -0.447. The van der Waals surface area contributed by atoms with E-state index in [9.17, 15) is 9.59 Å². The van der Waals surface area contributed by atoms with Crippen molar-refractivity contribution in [2.24, 2.45) is 0 Å². The summed E-state index contributed by atoms with van der Waals surface area (Å²) >= 11 is 0. The van der Waals surface area contributed by atoms with Crippen molar-refractivity contribution in [3.8, 4) is 17.1 Å². The number of anilines is 1. The van der Waals surface area contributed by atoms with Crippen LogP contribution in [0.15, 0.2) is 36.4 Å². The van der Waals surface area contributed by atoms with Crippen LogP contribution >= 0.6 is 0 Å². The second-order valence-corrected chi connectivity index (χ2v) is 5.72. The summed E-state index contributed by atoms with van der Waals surface area (Å²) in [5.41, 5.74) is 3.53. The minimum absolute atomic E-state index is 0.384. The Hall–Kier alpha value is -3.35. The first-order chi connectivity index (χ1) is 12.1. The maximum Gasteiger partial charge on any atom is 0.322 e. The molecule has 1 amide bonds. The average molecular weight is 337 g/mol. The SMILES string of the molecule is COC(=O)C1C(=O)Nc2cc3nc(-c4ccc(OC)cc4)[nH]c3cc21. The highest BCUT2D eigenvalue weighted by atomic mass is 16.5. The van der Waals surface area contributed by atoms with Crippen LogP contribution in [0.3, 0.4) is 0 Å². The van der Waals surface area contributed by atoms with E-state index in [0.29, 0.717) is 22.6 Å². The smallest absolute Gasteiger partial charge is 0.322 e. The molecule has 1 atom stereocenters. The van der Waals surface area contributed by atoms with Crippen molar-refractivity contribution < 1.29 is 19.1 Å². The van der Waals surface area contributed by atoms with E-state index in [1.807, 2.05) is 24.3 Å². The van der Waals surface area contributed by atoms with E-state index in [1.54, 1.807) is 19.2 Å². The van der Waals surface area contributed by atoms with Crippen molar-refractivity contribution in [1.29, 1.82) is 0 Å². The molecule has 0 radical (unpaired) electrons. The van der Waals surface area contributed by atoms with Gasteiger partial charge in [-0.25, -0.2) is 4.98 Å². The Kier molecular flexibility index (Phi) is 3.42. The largest absolute Gasteiger partial charge is 0.497 e. The zero-order chi connectivity index (χ0) is 17.6. The fourth-order valence-electron chi connectivity index (χ4n) is 3.00. The second-order valence-electron chi connectivity index (χ2n) is 5.72. The number of aromatic nitrogens is 2. The van der Waals surface area contributed by atoms with Gasteiger partial charge in [-0.2, -0.15) is 0 Å². The number of hydrogen-bond acceptors (Lipinski definition) is 5. The number of aromatic amines is 1. The molecule has 1 aliphatic rings. The molecule has 1 unspecified atom stereocenters. The number of benzene rings is 2. The van der Waals surface area contributed by atoms with Crippen molar-refractivity contribution in [2.75, 3.05) is 19.5 Å². The number of nitrogens with zero attached hydrogens (tertiary/aromatic N) is 1. The minimum atomic E-state index is -0.947. The molecule has 7 nitrogen and oxygen atoms in total. The summed E-state index contributed by atoms with van der Waals surface area (Å²) in [7, 11) is 2.88. The van der Waals surface area contributed by atoms with Gasteiger partial charge < -0.3 is 19.8 Å². The van der Waals surface area contributed by atoms with E-state index < -0.39 is 11.9 Å². The molecule has 1 aliphatic heterocycles. The highest BCUT2D eigenvalue weighted by Crippen LogP contribution is 2.36. The van der Waals surface area contributed by atoms with E-state index >= 15 is 0 Å². The lowest BCUT2D eigenvalue weighted by Gasteiger charge is -2.05. The molecule has 0 spiro atoms. The molecule has 0 bridgehead atoms. The molecule has 0 saturated carbocycles. The number of imidazole rings is 1. The molecule has 7 heteroatoms. The number of esters is 1. The van der Waals surface area contributed by atoms with Gasteiger partial charge in [0, 0.05) is 16.8 Å². The third-order valence-corrected chi connectivity index (χ3v) is 4.28. The molecular formula is C18H15N3O4. The Morgan fingerprint density at radius 2 is 1.92 bits per heavy atom. The van der Waals surface area contributed by atoms with Gasteiger partial charge >= 0.3 is 5.97 Å². The van der Waals surface area contributed by atoms with Gasteiger partial charge in [-0.3, -0.25) is 9.59 Å². The Morgan fingerprint density at radius 3 is 2.60 bits per heavy atom. The summed E-state index contributed by atoms with van der Waals surface area (Å²) < 4.78 is 9.89. The number of nitrogens with one attached hydrogen (secondary N) is 2. The Balaban J connectivity index is 1.78. The quantitative estimate of drug-likeness (QED) is 0.566. The molecule has 1 aromatic heterocycles. The van der Waals surface area contributed by atoms with E-state index in [1.165, 1.54) is 7.11 Å². The number of methoxy groups -OCH3 is 2. The lowest BCUT2D eigenvalue weighted by molar-refractivity contribution is -0.144. The van der Waals surface area contributed by atoms with Crippen LogP contribution in [0.1, 0.15) is 11.5 Å². The first-order valence-corrected chi connectivity index (χ1v) is 7.67. The summed E-state index contributed by atoms with van der Waals surface area (Å²) in [6.45, 7) is 0. The monoisotopic (exact) mass is 337 g/mol. The van der Waals surface area contributed by atoms with Gasteiger partial charge in [0.05, 0.1) is 25.3 Å². The summed E-state index contributed by atoms with van der Waals surface area (Å²) in [5, 5.41) is 2.71. The van der Waals surface area contributed by atoms with Gasteiger partial charge in [0.15, 0.2) is 5.92 Å². The first kappa shape index (κ1) is 15.2. The van der Waals surface area contributed by atoms with Gasteiger partial charge in [-0.1, -0.05) is 0 Å². The van der Waals surface area contributed by atoms with Gasteiger partial charge in [0.25, 0.3) is 0 Å². The van der Waals surface area contributed by atoms with Crippen LogP contribution in [-0.2, 0) is 14.3 Å². The lowest BCUT2D eigenvalue weighted by Crippen LogP contribution is -2.21. The van der Waals surface area contributed by atoms with Gasteiger partial charge in [-0.05, 0) is 36.4 Å². The molecule has 0 aliphatic carbocycles. The Morgan fingerprint density at radius 1 is 1.16 bits per heavy atom. The molecule has 3 aromatic rings.